The van der Waals surface area contributed by atoms with Gasteiger partial charge < -0.3 is 5.32 Å². The first kappa shape index (κ1) is 14.0. The number of aromatic nitrogens is 4. The fourth-order valence-electron chi connectivity index (χ4n) is 1.36. The Kier molecular flexibility index (Phi) is 4.66. The van der Waals surface area contributed by atoms with Gasteiger partial charge in [-0.3, -0.25) is 10.1 Å². The van der Waals surface area contributed by atoms with Crippen molar-refractivity contribution in [2.75, 3.05) is 12.8 Å². The second-order valence-electron chi connectivity index (χ2n) is 3.62. The van der Waals surface area contributed by atoms with Gasteiger partial charge >= 0.3 is 6.03 Å². The summed E-state index contributed by atoms with van der Waals surface area (Å²) in [5, 5.41) is 16.2. The molecule has 0 aliphatic carbocycles. The molecular weight excluding hydrogens is 280 g/mol. The highest BCUT2D eigenvalue weighted by Crippen LogP contribution is 2.17. The second kappa shape index (κ2) is 6.66. The van der Waals surface area contributed by atoms with E-state index < -0.39 is 11.9 Å². The Morgan fingerprint density at radius 3 is 2.75 bits per heavy atom. The molecule has 0 radical (unpaired) electrons. The molecule has 0 aliphatic heterocycles. The first-order valence-corrected chi connectivity index (χ1v) is 6.67. The van der Waals surface area contributed by atoms with Gasteiger partial charge in [0.1, 0.15) is 0 Å². The topological polar surface area (TPSA) is 102 Å². The van der Waals surface area contributed by atoms with Crippen LogP contribution in [0.15, 0.2) is 35.5 Å². The lowest BCUT2D eigenvalue weighted by atomic mass is 10.3. The maximum Gasteiger partial charge on any atom is 0.321 e. The number of imide groups is 1. The van der Waals surface area contributed by atoms with Gasteiger partial charge in [0.05, 0.1) is 11.4 Å². The van der Waals surface area contributed by atoms with Gasteiger partial charge in [-0.1, -0.05) is 30.0 Å². The largest absolute Gasteiger partial charge is 0.341 e. The zero-order valence-corrected chi connectivity index (χ0v) is 11.4. The quantitative estimate of drug-likeness (QED) is 0.781. The number of nitrogens with zero attached hydrogens (tertiary/aromatic N) is 4. The summed E-state index contributed by atoms with van der Waals surface area (Å²) in [5.74, 6) is -0.377. The van der Waals surface area contributed by atoms with Crippen molar-refractivity contribution in [3.63, 3.8) is 0 Å². The van der Waals surface area contributed by atoms with Crippen LogP contribution in [0.3, 0.4) is 0 Å². The summed E-state index contributed by atoms with van der Waals surface area (Å²) in [6.45, 7) is 0. The third kappa shape index (κ3) is 3.54. The molecule has 1 heterocycles. The number of hydrogen-bond donors (Lipinski definition) is 2. The Morgan fingerprint density at radius 1 is 1.30 bits per heavy atom. The van der Waals surface area contributed by atoms with Crippen LogP contribution in [0, 0.1) is 0 Å². The molecule has 0 saturated carbocycles. The summed E-state index contributed by atoms with van der Waals surface area (Å²) >= 11 is 1.14. The molecule has 0 spiro atoms. The van der Waals surface area contributed by atoms with Crippen molar-refractivity contribution >= 4 is 23.7 Å². The minimum Gasteiger partial charge on any atom is -0.341 e. The van der Waals surface area contributed by atoms with Crippen molar-refractivity contribution in [3.8, 4) is 5.69 Å². The van der Waals surface area contributed by atoms with Crippen molar-refractivity contribution in [1.82, 2.24) is 30.8 Å². The lowest BCUT2D eigenvalue weighted by Gasteiger charge is -2.04. The van der Waals surface area contributed by atoms with E-state index in [-0.39, 0.29) is 5.75 Å². The van der Waals surface area contributed by atoms with Gasteiger partial charge in [0.25, 0.3) is 0 Å². The van der Waals surface area contributed by atoms with Crippen molar-refractivity contribution in [1.29, 1.82) is 0 Å². The second-order valence-corrected chi connectivity index (χ2v) is 4.57. The van der Waals surface area contributed by atoms with Crippen molar-refractivity contribution in [3.05, 3.63) is 30.3 Å². The Bertz CT molecular complexity index is 600. The molecule has 0 saturated heterocycles. The zero-order chi connectivity index (χ0) is 14.4. The Morgan fingerprint density at radius 2 is 2.05 bits per heavy atom. The number of para-hydroxylation sites is 1. The molecule has 0 bridgehead atoms. The highest BCUT2D eigenvalue weighted by molar-refractivity contribution is 7.99. The molecule has 0 fully saturated rings. The predicted molar refractivity (Wildman–Crippen MR) is 72.5 cm³/mol. The van der Waals surface area contributed by atoms with Gasteiger partial charge in [-0.25, -0.2) is 4.79 Å². The number of urea groups is 1. The third-order valence-corrected chi connectivity index (χ3v) is 3.17. The van der Waals surface area contributed by atoms with E-state index in [4.69, 9.17) is 0 Å². The summed E-state index contributed by atoms with van der Waals surface area (Å²) in [7, 11) is 1.44. The highest BCUT2D eigenvalue weighted by atomic mass is 32.2. The standard InChI is InChI=1S/C11H12N6O2S/c1-12-10(19)13-9(18)7-20-11-14-15-16-17(11)8-5-3-2-4-6-8/h2-6H,7H2,1H3,(H2,12,13,18,19). The first-order chi connectivity index (χ1) is 9.70. The van der Waals surface area contributed by atoms with Crippen LogP contribution in [0.2, 0.25) is 0 Å². The molecule has 9 heteroatoms. The highest BCUT2D eigenvalue weighted by Gasteiger charge is 2.12. The van der Waals surface area contributed by atoms with Crippen LogP contribution in [0.1, 0.15) is 0 Å². The van der Waals surface area contributed by atoms with E-state index in [1.54, 1.807) is 0 Å². The number of amides is 3. The van der Waals surface area contributed by atoms with E-state index in [0.717, 1.165) is 17.4 Å². The van der Waals surface area contributed by atoms with Crippen LogP contribution in [0.25, 0.3) is 5.69 Å². The van der Waals surface area contributed by atoms with Crippen molar-refractivity contribution < 1.29 is 9.59 Å². The Balaban J connectivity index is 2.00. The number of hydrogen-bond acceptors (Lipinski definition) is 6. The minimum absolute atomic E-state index is 0.0423. The van der Waals surface area contributed by atoms with Gasteiger partial charge in [0.15, 0.2) is 0 Å². The van der Waals surface area contributed by atoms with Crippen molar-refractivity contribution in [2.45, 2.75) is 5.16 Å². The monoisotopic (exact) mass is 292 g/mol. The first-order valence-electron chi connectivity index (χ1n) is 5.69. The SMILES string of the molecule is CNC(=O)NC(=O)CSc1nnnn1-c1ccccc1. The number of thioether (sulfide) groups is 1. The molecule has 0 atom stereocenters. The molecule has 0 aliphatic rings. The van der Waals surface area contributed by atoms with Crippen LogP contribution in [-0.4, -0.2) is 44.9 Å². The van der Waals surface area contributed by atoms with E-state index >= 15 is 0 Å². The van der Waals surface area contributed by atoms with Gasteiger partial charge in [0.2, 0.25) is 11.1 Å². The molecular formula is C11H12N6O2S. The van der Waals surface area contributed by atoms with E-state index in [9.17, 15) is 9.59 Å². The van der Waals surface area contributed by atoms with Crippen LogP contribution >= 0.6 is 11.8 Å². The normalized spacial score (nSPS) is 10.1. The molecule has 0 unspecified atom stereocenters. The molecule has 20 heavy (non-hydrogen) atoms. The van der Waals surface area contributed by atoms with E-state index in [1.807, 2.05) is 30.3 Å². The van der Waals surface area contributed by atoms with E-state index in [2.05, 4.69) is 26.2 Å². The number of carbonyl (C=O) groups is 2. The Labute approximate surface area is 118 Å². The van der Waals surface area contributed by atoms with Crippen LogP contribution in [0.4, 0.5) is 4.79 Å². The van der Waals surface area contributed by atoms with Crippen LogP contribution in [-0.2, 0) is 4.79 Å². The summed E-state index contributed by atoms with van der Waals surface area (Å²) < 4.78 is 1.53. The summed E-state index contributed by atoms with van der Waals surface area (Å²) in [5.41, 5.74) is 0.798. The molecule has 1 aromatic carbocycles. The van der Waals surface area contributed by atoms with E-state index in [1.165, 1.54) is 11.7 Å². The summed E-state index contributed by atoms with van der Waals surface area (Å²) in [6, 6.07) is 8.78. The maximum absolute atomic E-state index is 11.5. The predicted octanol–water partition coefficient (Wildman–Crippen LogP) is 0.210. The number of carbonyl (C=O) groups excluding carboxylic acids is 2. The summed E-state index contributed by atoms with van der Waals surface area (Å²) in [4.78, 5) is 22.5. The smallest absolute Gasteiger partial charge is 0.321 e. The molecule has 2 N–H and O–H groups in total. The van der Waals surface area contributed by atoms with E-state index in [0.29, 0.717) is 5.16 Å². The van der Waals surface area contributed by atoms with Crippen molar-refractivity contribution in [2.24, 2.45) is 0 Å². The molecule has 1 aromatic heterocycles. The van der Waals surface area contributed by atoms with Gasteiger partial charge in [0, 0.05) is 7.05 Å². The molecule has 2 rings (SSSR count). The minimum atomic E-state index is -0.543. The number of rotatable bonds is 4. The number of benzene rings is 1. The zero-order valence-electron chi connectivity index (χ0n) is 10.6. The average Bonchev–Trinajstić information content (AvgIpc) is 2.94. The molecule has 8 nitrogen and oxygen atoms in total. The molecule has 3 amide bonds. The fourth-order valence-corrected chi connectivity index (χ4v) is 2.05. The van der Waals surface area contributed by atoms with Gasteiger partial charge in [-0.15, -0.1) is 5.10 Å². The fraction of sp³-hybridized carbons (Fsp3) is 0.182. The maximum atomic E-state index is 11.5. The lowest BCUT2D eigenvalue weighted by molar-refractivity contribution is -0.117. The third-order valence-electron chi connectivity index (χ3n) is 2.25. The van der Waals surface area contributed by atoms with Crippen LogP contribution in [0.5, 0.6) is 0 Å². The van der Waals surface area contributed by atoms with Gasteiger partial charge in [-0.2, -0.15) is 4.68 Å². The molecule has 2 aromatic rings. The number of tetrazole rings is 1. The van der Waals surface area contributed by atoms with Gasteiger partial charge in [-0.05, 0) is 22.6 Å². The summed E-state index contributed by atoms with van der Waals surface area (Å²) in [6.07, 6.45) is 0. The van der Waals surface area contributed by atoms with Crippen LogP contribution < -0.4 is 10.6 Å². The Hall–Kier alpha value is -2.42. The number of nitrogens with one attached hydrogen (secondary N) is 2. The lowest BCUT2D eigenvalue weighted by Crippen LogP contribution is -2.38. The average molecular weight is 292 g/mol. The molecule has 104 valence electrons.